The zero-order chi connectivity index (χ0) is 13.4. The van der Waals surface area contributed by atoms with Crippen molar-refractivity contribution < 1.29 is 0 Å². The molecule has 3 heterocycles. The zero-order valence-corrected chi connectivity index (χ0v) is 12.5. The maximum Gasteiger partial charge on any atom is 0.144 e. The average molecular weight is 288 g/mol. The van der Waals surface area contributed by atoms with Crippen LogP contribution in [-0.4, -0.2) is 27.9 Å². The first-order valence-electron chi connectivity index (χ1n) is 7.57. The Balaban J connectivity index is 1.84. The Morgan fingerprint density at radius 3 is 2.90 bits per heavy atom. The molecule has 106 valence electrons. The van der Waals surface area contributed by atoms with Crippen molar-refractivity contribution in [3.8, 4) is 0 Å². The van der Waals surface area contributed by atoms with E-state index in [9.17, 15) is 0 Å². The number of aromatic nitrogens is 3. The van der Waals surface area contributed by atoms with E-state index in [-0.39, 0.29) is 5.41 Å². The van der Waals surface area contributed by atoms with Crippen LogP contribution in [0.3, 0.4) is 0 Å². The lowest BCUT2D eigenvalue weighted by molar-refractivity contribution is 0.468. The first-order chi connectivity index (χ1) is 9.90. The summed E-state index contributed by atoms with van der Waals surface area (Å²) in [6.07, 6.45) is 6.04. The number of thiophene rings is 1. The quantitative estimate of drug-likeness (QED) is 0.922. The Kier molecular flexibility index (Phi) is 3.11. The van der Waals surface area contributed by atoms with E-state index >= 15 is 0 Å². The number of nitrogens with zero attached hydrogens (tertiary/aromatic N) is 3. The van der Waals surface area contributed by atoms with Gasteiger partial charge in [-0.1, -0.05) is 18.9 Å². The van der Waals surface area contributed by atoms with Crippen LogP contribution in [0.2, 0.25) is 0 Å². The molecule has 5 heteroatoms. The number of hydrogen-bond acceptors (Lipinski definition) is 4. The molecule has 1 saturated carbocycles. The van der Waals surface area contributed by atoms with Crippen LogP contribution in [-0.2, 0) is 18.4 Å². The molecule has 0 radical (unpaired) electrons. The molecule has 0 bridgehead atoms. The minimum atomic E-state index is 0.129. The summed E-state index contributed by atoms with van der Waals surface area (Å²) in [6.45, 7) is 3.05. The molecule has 4 nitrogen and oxygen atoms in total. The summed E-state index contributed by atoms with van der Waals surface area (Å²) in [6, 6.07) is 4.45. The van der Waals surface area contributed by atoms with Crippen molar-refractivity contribution in [3.05, 3.63) is 34.0 Å². The Labute approximate surface area is 123 Å². The summed E-state index contributed by atoms with van der Waals surface area (Å²) in [5.41, 5.74) is 0.129. The third kappa shape index (κ3) is 1.84. The smallest absolute Gasteiger partial charge is 0.144 e. The second-order valence-electron chi connectivity index (χ2n) is 5.86. The Hall–Kier alpha value is -1.20. The van der Waals surface area contributed by atoms with Crippen LogP contribution >= 0.6 is 11.3 Å². The highest BCUT2D eigenvalue weighted by Gasteiger charge is 2.42. The molecule has 0 amide bonds. The number of nitrogens with one attached hydrogen (secondary N) is 1. The van der Waals surface area contributed by atoms with Crippen LogP contribution in [0, 0.1) is 0 Å². The van der Waals surface area contributed by atoms with Gasteiger partial charge in [0.05, 0.1) is 5.41 Å². The topological polar surface area (TPSA) is 42.7 Å². The zero-order valence-electron chi connectivity index (χ0n) is 11.6. The molecule has 2 aromatic rings. The summed E-state index contributed by atoms with van der Waals surface area (Å²) in [4.78, 5) is 1.47. The first kappa shape index (κ1) is 12.5. The SMILES string of the molecule is c1csc(C2(c3nnc4n3CCNCC4)CCCC2)c1. The van der Waals surface area contributed by atoms with E-state index in [0.29, 0.717) is 0 Å². The molecule has 1 aliphatic heterocycles. The van der Waals surface area contributed by atoms with Gasteiger partial charge in [-0.05, 0) is 24.3 Å². The molecule has 1 N–H and O–H groups in total. The van der Waals surface area contributed by atoms with Crippen LogP contribution in [0.5, 0.6) is 0 Å². The lowest BCUT2D eigenvalue weighted by Crippen LogP contribution is -2.29. The maximum atomic E-state index is 4.64. The fourth-order valence-corrected chi connectivity index (χ4v) is 4.72. The lowest BCUT2D eigenvalue weighted by Gasteiger charge is -2.27. The van der Waals surface area contributed by atoms with Gasteiger partial charge in [0.15, 0.2) is 0 Å². The fraction of sp³-hybridized carbons (Fsp3) is 0.600. The van der Waals surface area contributed by atoms with Crippen molar-refractivity contribution in [2.75, 3.05) is 13.1 Å². The molecule has 0 saturated heterocycles. The number of fused-ring (bicyclic) bond motifs is 1. The van der Waals surface area contributed by atoms with Crippen LogP contribution in [0.15, 0.2) is 17.5 Å². The predicted molar refractivity (Wildman–Crippen MR) is 80.2 cm³/mol. The van der Waals surface area contributed by atoms with E-state index in [1.165, 1.54) is 36.4 Å². The van der Waals surface area contributed by atoms with E-state index in [0.717, 1.165) is 31.9 Å². The summed E-state index contributed by atoms with van der Waals surface area (Å²) >= 11 is 1.88. The summed E-state index contributed by atoms with van der Waals surface area (Å²) in [7, 11) is 0. The van der Waals surface area contributed by atoms with Crippen molar-refractivity contribution in [1.82, 2.24) is 20.1 Å². The molecule has 0 aromatic carbocycles. The van der Waals surface area contributed by atoms with Gasteiger partial charge < -0.3 is 9.88 Å². The lowest BCUT2D eigenvalue weighted by atomic mass is 9.83. The Morgan fingerprint density at radius 1 is 1.20 bits per heavy atom. The van der Waals surface area contributed by atoms with Crippen LogP contribution in [0.1, 0.15) is 42.2 Å². The third-order valence-electron chi connectivity index (χ3n) is 4.74. The highest BCUT2D eigenvalue weighted by Crippen LogP contribution is 2.47. The number of hydrogen-bond donors (Lipinski definition) is 1. The van der Waals surface area contributed by atoms with Crippen LogP contribution in [0.4, 0.5) is 0 Å². The molecular weight excluding hydrogens is 268 g/mol. The van der Waals surface area contributed by atoms with E-state index in [1.807, 2.05) is 11.3 Å². The van der Waals surface area contributed by atoms with Crippen molar-refractivity contribution in [3.63, 3.8) is 0 Å². The largest absolute Gasteiger partial charge is 0.315 e. The van der Waals surface area contributed by atoms with E-state index < -0.39 is 0 Å². The van der Waals surface area contributed by atoms with Gasteiger partial charge in [0, 0.05) is 30.9 Å². The summed E-state index contributed by atoms with van der Waals surface area (Å²) in [5, 5.41) is 14.8. The summed E-state index contributed by atoms with van der Waals surface area (Å²) in [5.74, 6) is 2.38. The second-order valence-corrected chi connectivity index (χ2v) is 6.81. The van der Waals surface area contributed by atoms with Crippen molar-refractivity contribution in [2.24, 2.45) is 0 Å². The minimum absolute atomic E-state index is 0.129. The fourth-order valence-electron chi connectivity index (χ4n) is 3.73. The monoisotopic (exact) mass is 288 g/mol. The molecule has 0 unspecified atom stereocenters. The Bertz CT molecular complexity index is 581. The Morgan fingerprint density at radius 2 is 2.10 bits per heavy atom. The first-order valence-corrected chi connectivity index (χ1v) is 8.45. The number of rotatable bonds is 2. The van der Waals surface area contributed by atoms with Gasteiger partial charge in [-0.25, -0.2) is 0 Å². The van der Waals surface area contributed by atoms with Gasteiger partial charge in [-0.2, -0.15) is 0 Å². The molecule has 1 fully saturated rings. The third-order valence-corrected chi connectivity index (χ3v) is 5.82. The normalized spacial score (nSPS) is 21.6. The van der Waals surface area contributed by atoms with Gasteiger partial charge in [0.2, 0.25) is 0 Å². The van der Waals surface area contributed by atoms with Crippen LogP contribution < -0.4 is 5.32 Å². The standard InChI is InChI=1S/C15H20N4S/c1-2-7-15(6-1,12-4-3-11-20-12)14-18-17-13-5-8-16-9-10-19(13)14/h3-4,11,16H,1-2,5-10H2. The van der Waals surface area contributed by atoms with Gasteiger partial charge in [0.25, 0.3) is 0 Å². The predicted octanol–water partition coefficient (Wildman–Crippen LogP) is 2.35. The molecule has 2 aliphatic rings. The highest BCUT2D eigenvalue weighted by atomic mass is 32.1. The second kappa shape index (κ2) is 4.97. The molecule has 1 aliphatic carbocycles. The molecule has 2 aromatic heterocycles. The van der Waals surface area contributed by atoms with E-state index in [2.05, 4.69) is 37.6 Å². The van der Waals surface area contributed by atoms with Crippen molar-refractivity contribution >= 4 is 11.3 Å². The summed E-state index contributed by atoms with van der Waals surface area (Å²) < 4.78 is 2.39. The molecule has 0 atom stereocenters. The molecule has 4 rings (SSSR count). The van der Waals surface area contributed by atoms with Crippen molar-refractivity contribution in [2.45, 2.75) is 44.1 Å². The van der Waals surface area contributed by atoms with Gasteiger partial charge >= 0.3 is 0 Å². The van der Waals surface area contributed by atoms with Gasteiger partial charge in [-0.15, -0.1) is 21.5 Å². The molecule has 20 heavy (non-hydrogen) atoms. The highest BCUT2D eigenvalue weighted by molar-refractivity contribution is 7.10. The van der Waals surface area contributed by atoms with Gasteiger partial charge in [-0.3, -0.25) is 0 Å². The molecule has 0 spiro atoms. The molecular formula is C15H20N4S. The van der Waals surface area contributed by atoms with Gasteiger partial charge in [0.1, 0.15) is 11.6 Å². The van der Waals surface area contributed by atoms with E-state index in [1.54, 1.807) is 0 Å². The average Bonchev–Trinajstić information content (AvgIpc) is 3.17. The van der Waals surface area contributed by atoms with Crippen LogP contribution in [0.25, 0.3) is 0 Å². The minimum Gasteiger partial charge on any atom is -0.315 e. The van der Waals surface area contributed by atoms with E-state index in [4.69, 9.17) is 0 Å². The maximum absolute atomic E-state index is 4.64. The van der Waals surface area contributed by atoms with Crippen molar-refractivity contribution in [1.29, 1.82) is 0 Å².